The van der Waals surface area contributed by atoms with Gasteiger partial charge in [-0.1, -0.05) is 78.1 Å². The Hall–Kier alpha value is -4.08. The van der Waals surface area contributed by atoms with Gasteiger partial charge in [-0.25, -0.2) is 4.79 Å². The van der Waals surface area contributed by atoms with Crippen LogP contribution in [0.25, 0.3) is 0 Å². The van der Waals surface area contributed by atoms with Crippen LogP contribution in [0.4, 0.5) is 4.79 Å². The molecule has 2 aliphatic heterocycles. The smallest absolute Gasteiger partial charge is 0.409 e. The van der Waals surface area contributed by atoms with Crippen molar-refractivity contribution in [3.63, 3.8) is 0 Å². The van der Waals surface area contributed by atoms with Crippen LogP contribution in [0, 0.1) is 0 Å². The van der Waals surface area contributed by atoms with E-state index in [2.05, 4.69) is 43.3 Å². The minimum absolute atomic E-state index is 0.0620. The number of phenols is 1. The Morgan fingerprint density at radius 1 is 0.867 bits per heavy atom. The van der Waals surface area contributed by atoms with E-state index in [0.29, 0.717) is 11.9 Å². The quantitative estimate of drug-likeness (QED) is 0.195. The van der Waals surface area contributed by atoms with Crippen LogP contribution < -0.4 is 9.47 Å². The van der Waals surface area contributed by atoms with E-state index >= 15 is 0 Å². The molecule has 0 saturated heterocycles. The molecule has 2 aliphatic rings. The summed E-state index contributed by atoms with van der Waals surface area (Å²) in [7, 11) is 3.14. The van der Waals surface area contributed by atoms with Gasteiger partial charge in [0.1, 0.15) is 29.1 Å². The summed E-state index contributed by atoms with van der Waals surface area (Å²) in [5.41, 5.74) is 4.94. The highest BCUT2D eigenvalue weighted by atomic mass is 32.2. The van der Waals surface area contributed by atoms with Gasteiger partial charge in [-0.15, -0.1) is 0 Å². The summed E-state index contributed by atoms with van der Waals surface area (Å²) in [5, 5.41) is 10.4. The van der Waals surface area contributed by atoms with Crippen molar-refractivity contribution in [1.82, 2.24) is 4.90 Å². The minimum atomic E-state index is -0.310. The first-order chi connectivity index (χ1) is 21.8. The number of carbonyl (C=O) groups is 1. The van der Waals surface area contributed by atoms with E-state index in [4.69, 9.17) is 19.2 Å². The fourth-order valence-electron chi connectivity index (χ4n) is 5.11. The molecular formula is C36H38N2O5S2. The number of fused-ring (bicyclic) bond motifs is 2. The van der Waals surface area contributed by atoms with Crippen LogP contribution in [-0.4, -0.2) is 59.9 Å². The number of carbonyl (C=O) groups excluding carboxylic acids is 1. The first-order valence-corrected chi connectivity index (χ1v) is 16.8. The molecule has 2 unspecified atom stereocenters. The number of hydrogen-bond acceptors (Lipinski definition) is 8. The first kappa shape index (κ1) is 32.3. The van der Waals surface area contributed by atoms with Crippen molar-refractivity contribution < 1.29 is 24.1 Å². The number of phenolic OH excluding ortho intramolecular Hbond substituents is 1. The van der Waals surface area contributed by atoms with Gasteiger partial charge in [0, 0.05) is 24.2 Å². The fraction of sp³-hybridized carbons (Fsp3) is 0.278. The Balaban J connectivity index is 0.000000194. The molecule has 7 nitrogen and oxygen atoms in total. The second-order valence-electron chi connectivity index (χ2n) is 10.9. The van der Waals surface area contributed by atoms with Crippen LogP contribution in [0.5, 0.6) is 17.2 Å². The maximum atomic E-state index is 11.4. The maximum absolute atomic E-state index is 11.4. The van der Waals surface area contributed by atoms with E-state index in [-0.39, 0.29) is 23.9 Å². The van der Waals surface area contributed by atoms with Crippen molar-refractivity contribution in [2.45, 2.75) is 48.6 Å². The molecule has 9 heteroatoms. The van der Waals surface area contributed by atoms with Gasteiger partial charge in [0.05, 0.1) is 28.7 Å². The third-order valence-corrected chi connectivity index (χ3v) is 9.38. The average Bonchev–Trinajstić information content (AvgIpc) is 3.73. The third kappa shape index (κ3) is 8.35. The van der Waals surface area contributed by atoms with Crippen LogP contribution in [0.2, 0.25) is 0 Å². The summed E-state index contributed by atoms with van der Waals surface area (Å²) >= 11 is 3.43. The second-order valence-corrected chi connectivity index (χ2v) is 12.9. The molecule has 0 spiro atoms. The lowest BCUT2D eigenvalue weighted by atomic mass is 10.00. The zero-order valence-electron chi connectivity index (χ0n) is 25.9. The zero-order valence-corrected chi connectivity index (χ0v) is 27.6. The molecule has 45 heavy (non-hydrogen) atoms. The number of aliphatic imine (C=N–C) groups is 1. The number of hydrogen-bond donors (Lipinski definition) is 1. The number of nitrogens with zero attached hydrogens (tertiary/aromatic N) is 2. The van der Waals surface area contributed by atoms with Crippen molar-refractivity contribution in [3.05, 3.63) is 113 Å². The largest absolute Gasteiger partial charge is 0.507 e. The van der Waals surface area contributed by atoms with Gasteiger partial charge in [0.2, 0.25) is 0 Å². The molecule has 4 aromatic carbocycles. The minimum Gasteiger partial charge on any atom is -0.507 e. The summed E-state index contributed by atoms with van der Waals surface area (Å²) in [5.74, 6) is 3.55. The van der Waals surface area contributed by atoms with Gasteiger partial charge in [-0.2, -0.15) is 0 Å². The lowest BCUT2D eigenvalue weighted by molar-refractivity contribution is 0.120. The van der Waals surface area contributed by atoms with Gasteiger partial charge >= 0.3 is 6.09 Å². The van der Waals surface area contributed by atoms with E-state index in [1.54, 1.807) is 41.5 Å². The predicted octanol–water partition coefficient (Wildman–Crippen LogP) is 8.06. The van der Waals surface area contributed by atoms with E-state index in [1.165, 1.54) is 28.0 Å². The van der Waals surface area contributed by atoms with E-state index in [9.17, 15) is 9.90 Å². The van der Waals surface area contributed by atoms with Crippen LogP contribution >= 0.6 is 23.5 Å². The molecule has 0 bridgehead atoms. The highest BCUT2D eigenvalue weighted by molar-refractivity contribution is 7.99. The Morgan fingerprint density at radius 3 is 2.04 bits per heavy atom. The summed E-state index contributed by atoms with van der Waals surface area (Å²) in [6.45, 7) is 4.10. The van der Waals surface area contributed by atoms with Crippen molar-refractivity contribution in [2.24, 2.45) is 4.99 Å². The van der Waals surface area contributed by atoms with Gasteiger partial charge in [-0.05, 0) is 74.2 Å². The van der Waals surface area contributed by atoms with E-state index < -0.39 is 0 Å². The Labute approximate surface area is 273 Å². The number of likely N-dealkylation sites (N-methyl/N-ethyl adjacent to an activating group) is 1. The summed E-state index contributed by atoms with van der Waals surface area (Å²) in [6, 6.07) is 30.1. The average molecular weight is 643 g/mol. The normalized spacial score (nSPS) is 14.5. The molecule has 2 atom stereocenters. The number of benzene rings is 4. The summed E-state index contributed by atoms with van der Waals surface area (Å²) in [4.78, 5) is 20.4. The molecule has 0 saturated carbocycles. The lowest BCUT2D eigenvalue weighted by Gasteiger charge is -2.23. The van der Waals surface area contributed by atoms with Crippen LogP contribution in [-0.2, 0) is 17.6 Å². The monoisotopic (exact) mass is 642 g/mol. The van der Waals surface area contributed by atoms with Crippen molar-refractivity contribution >= 4 is 35.3 Å². The molecule has 2 heterocycles. The number of rotatable bonds is 8. The molecule has 4 aromatic rings. The maximum Gasteiger partial charge on any atom is 0.409 e. The number of amides is 1. The van der Waals surface area contributed by atoms with Crippen LogP contribution in [0.1, 0.15) is 36.1 Å². The van der Waals surface area contributed by atoms with E-state index in [0.717, 1.165) is 41.2 Å². The molecular weight excluding hydrogens is 605 g/mol. The second kappa shape index (κ2) is 15.3. The van der Waals surface area contributed by atoms with Crippen LogP contribution in [0.15, 0.2) is 106 Å². The molecule has 1 N–H and O–H groups in total. The molecule has 0 radical (unpaired) electrons. The van der Waals surface area contributed by atoms with Crippen LogP contribution in [0.3, 0.4) is 0 Å². The number of para-hydroxylation sites is 1. The highest BCUT2D eigenvalue weighted by Crippen LogP contribution is 2.37. The van der Waals surface area contributed by atoms with Gasteiger partial charge in [0.25, 0.3) is 0 Å². The van der Waals surface area contributed by atoms with Gasteiger partial charge in [-0.3, -0.25) is 4.99 Å². The van der Waals surface area contributed by atoms with Gasteiger partial charge < -0.3 is 24.2 Å². The molecule has 1 amide bonds. The van der Waals surface area contributed by atoms with E-state index in [1.807, 2.05) is 55.5 Å². The number of methoxy groups -OCH3 is 1. The third-order valence-electron chi connectivity index (χ3n) is 7.62. The first-order valence-electron chi connectivity index (χ1n) is 14.8. The molecule has 0 aliphatic carbocycles. The Morgan fingerprint density at radius 2 is 1.44 bits per heavy atom. The zero-order chi connectivity index (χ0) is 31.8. The summed E-state index contributed by atoms with van der Waals surface area (Å²) in [6.07, 6.45) is 1.29. The van der Waals surface area contributed by atoms with Gasteiger partial charge in [0.15, 0.2) is 0 Å². The molecule has 0 aromatic heterocycles. The fourth-order valence-corrected chi connectivity index (χ4v) is 6.59. The standard InChI is InChI=1S/C23H21NO2S.C13H17NO3S/c1-16(13-17-11-12-22-21(14-17)26-15-27-22)24-23(18-7-3-2-4-8-18)19-9-5-6-10-20(19)25;1-9(14(2)13(15)16-3)6-10-4-5-12-11(7-10)17-8-18-12/h2-12,14,16,25H,13,15H2,1H3;4-5,7,9H,6,8H2,1-3H3. The summed E-state index contributed by atoms with van der Waals surface area (Å²) < 4.78 is 15.9. The molecule has 0 fully saturated rings. The topological polar surface area (TPSA) is 80.6 Å². The molecule has 6 rings (SSSR count). The Kier molecular flexibility index (Phi) is 11.0. The number of thioether (sulfide) groups is 2. The van der Waals surface area contributed by atoms with Crippen molar-refractivity contribution in [1.29, 1.82) is 0 Å². The molecule has 234 valence electrons. The number of ether oxygens (including phenoxy) is 3. The predicted molar refractivity (Wildman–Crippen MR) is 182 cm³/mol. The number of aromatic hydroxyl groups is 1. The highest BCUT2D eigenvalue weighted by Gasteiger charge is 2.19. The Bertz CT molecular complexity index is 1650. The van der Waals surface area contributed by atoms with Crippen molar-refractivity contribution in [3.8, 4) is 17.2 Å². The lowest BCUT2D eigenvalue weighted by Crippen LogP contribution is -2.36. The SMILES string of the molecule is CC(Cc1ccc2c(c1)OCS2)N=C(c1ccccc1)c1ccccc1O.COC(=O)N(C)C(C)Cc1ccc2c(c1)OCS2. The van der Waals surface area contributed by atoms with Crippen molar-refractivity contribution in [2.75, 3.05) is 26.0 Å².